The van der Waals surface area contributed by atoms with E-state index in [4.69, 9.17) is 14.2 Å². The van der Waals surface area contributed by atoms with Gasteiger partial charge in [0.25, 0.3) is 5.91 Å². The van der Waals surface area contributed by atoms with Crippen molar-refractivity contribution in [2.45, 2.75) is 12.9 Å². The number of carbonyl (C=O) groups excluding carboxylic acids is 1. The van der Waals surface area contributed by atoms with Gasteiger partial charge < -0.3 is 24.1 Å². The minimum atomic E-state index is -0.465. The molecule has 0 unspecified atom stereocenters. The monoisotopic (exact) mass is 368 g/mol. The van der Waals surface area contributed by atoms with Crippen molar-refractivity contribution in [3.63, 3.8) is 0 Å². The minimum Gasteiger partial charge on any atom is -0.488 e. The summed E-state index contributed by atoms with van der Waals surface area (Å²) >= 11 is 0. The molecule has 0 saturated heterocycles. The van der Waals surface area contributed by atoms with E-state index in [1.54, 1.807) is 26.2 Å². The summed E-state index contributed by atoms with van der Waals surface area (Å²) in [6.07, 6.45) is -0.465. The lowest BCUT2D eigenvalue weighted by molar-refractivity contribution is -0.110. The molecule has 6 heteroatoms. The number of ether oxygens (including phenoxy) is 3. The fourth-order valence-corrected chi connectivity index (χ4v) is 2.86. The quantitative estimate of drug-likeness (QED) is 0.619. The molecule has 0 aliphatic rings. The zero-order chi connectivity index (χ0) is 19.2. The van der Waals surface area contributed by atoms with E-state index in [1.165, 1.54) is 0 Å². The summed E-state index contributed by atoms with van der Waals surface area (Å²) in [6.45, 7) is 0.802. The van der Waals surface area contributed by atoms with E-state index in [1.807, 2.05) is 54.6 Å². The number of hydrogen-bond acceptors (Lipinski definition) is 4. The normalized spacial score (nSPS) is 11.1. The van der Waals surface area contributed by atoms with E-state index < -0.39 is 6.29 Å². The average Bonchev–Trinajstić information content (AvgIpc) is 3.15. The van der Waals surface area contributed by atoms with Gasteiger partial charge in [-0.2, -0.15) is 0 Å². The number of likely N-dealkylation sites (N-methyl/N-ethyl adjacent to an activating group) is 1. The Morgan fingerprint density at radius 1 is 1.07 bits per heavy atom. The number of methoxy groups -OCH3 is 2. The first-order chi connectivity index (χ1) is 13.1. The zero-order valence-corrected chi connectivity index (χ0v) is 15.8. The number of fused-ring (bicyclic) bond motifs is 1. The van der Waals surface area contributed by atoms with Crippen LogP contribution >= 0.6 is 0 Å². The second kappa shape index (κ2) is 8.70. The van der Waals surface area contributed by atoms with Crippen LogP contribution in [0.2, 0.25) is 0 Å². The summed E-state index contributed by atoms with van der Waals surface area (Å²) in [4.78, 5) is 17.4. The van der Waals surface area contributed by atoms with E-state index in [2.05, 4.69) is 4.98 Å². The number of nitrogens with one attached hydrogen (secondary N) is 1. The Balaban J connectivity index is 1.77. The molecule has 1 aromatic heterocycles. The molecule has 0 bridgehead atoms. The average molecular weight is 368 g/mol. The predicted octanol–water partition coefficient (Wildman–Crippen LogP) is 3.44. The first kappa shape index (κ1) is 18.9. The Hall–Kier alpha value is -2.83. The van der Waals surface area contributed by atoms with Gasteiger partial charge in [-0.25, -0.2) is 0 Å². The fourth-order valence-electron chi connectivity index (χ4n) is 2.86. The van der Waals surface area contributed by atoms with Gasteiger partial charge in [0.2, 0.25) is 0 Å². The van der Waals surface area contributed by atoms with Crippen molar-refractivity contribution in [1.29, 1.82) is 0 Å². The van der Waals surface area contributed by atoms with E-state index in [0.29, 0.717) is 18.8 Å². The van der Waals surface area contributed by atoms with E-state index in [0.717, 1.165) is 22.2 Å². The number of hydrogen-bond donors (Lipinski definition) is 1. The Bertz CT molecular complexity index is 888. The molecule has 3 rings (SSSR count). The highest BCUT2D eigenvalue weighted by Gasteiger charge is 2.19. The largest absolute Gasteiger partial charge is 0.488 e. The standard InChI is InChI=1S/C21H24N2O4/c1-23(13-20(25-2)26-3)21(24)18-12-16-17(22-18)10-7-11-19(16)27-14-15-8-5-4-6-9-15/h4-12,20,22H,13-14H2,1-3H3. The lowest BCUT2D eigenvalue weighted by Gasteiger charge is -2.21. The molecule has 1 amide bonds. The van der Waals surface area contributed by atoms with Gasteiger partial charge >= 0.3 is 0 Å². The summed E-state index contributed by atoms with van der Waals surface area (Å²) in [5, 5.41) is 0.875. The Kier molecular flexibility index (Phi) is 6.11. The van der Waals surface area contributed by atoms with Gasteiger partial charge in [-0.15, -0.1) is 0 Å². The Morgan fingerprint density at radius 2 is 1.81 bits per heavy atom. The predicted molar refractivity (Wildman–Crippen MR) is 104 cm³/mol. The molecule has 1 N–H and O–H groups in total. The third-order valence-corrected chi connectivity index (χ3v) is 4.39. The molecule has 0 fully saturated rings. The van der Waals surface area contributed by atoms with Gasteiger partial charge in [-0.3, -0.25) is 4.79 Å². The van der Waals surface area contributed by atoms with Crippen LogP contribution < -0.4 is 4.74 Å². The number of aromatic amines is 1. The SMILES string of the molecule is COC(CN(C)C(=O)c1cc2c(OCc3ccccc3)cccc2[nH]1)OC. The molecular formula is C21H24N2O4. The number of aromatic nitrogens is 1. The number of benzene rings is 2. The Morgan fingerprint density at radius 3 is 2.52 bits per heavy atom. The summed E-state index contributed by atoms with van der Waals surface area (Å²) in [5.41, 5.74) is 2.44. The summed E-state index contributed by atoms with van der Waals surface area (Å²) in [7, 11) is 4.81. The molecule has 0 aliphatic heterocycles. The van der Waals surface area contributed by atoms with Gasteiger partial charge in [0.1, 0.15) is 18.1 Å². The lowest BCUT2D eigenvalue weighted by Crippen LogP contribution is -2.36. The van der Waals surface area contributed by atoms with Crippen molar-refractivity contribution in [3.8, 4) is 5.75 Å². The summed E-state index contributed by atoms with van der Waals surface area (Å²) in [5.74, 6) is 0.597. The molecule has 6 nitrogen and oxygen atoms in total. The van der Waals surface area contributed by atoms with Crippen LogP contribution in [-0.2, 0) is 16.1 Å². The third kappa shape index (κ3) is 4.48. The minimum absolute atomic E-state index is 0.140. The van der Waals surface area contributed by atoms with Gasteiger partial charge in [0.05, 0.1) is 6.54 Å². The van der Waals surface area contributed by atoms with E-state index in [9.17, 15) is 4.79 Å². The molecule has 0 aliphatic carbocycles. The molecule has 142 valence electrons. The molecule has 1 heterocycles. The van der Waals surface area contributed by atoms with Gasteiger partial charge in [0.15, 0.2) is 6.29 Å². The fraction of sp³-hybridized carbons (Fsp3) is 0.286. The summed E-state index contributed by atoms with van der Waals surface area (Å²) < 4.78 is 16.3. The van der Waals surface area contributed by atoms with E-state index >= 15 is 0 Å². The maximum atomic E-state index is 12.7. The van der Waals surface area contributed by atoms with Gasteiger partial charge in [0, 0.05) is 32.2 Å². The highest BCUT2D eigenvalue weighted by molar-refractivity contribution is 5.99. The number of nitrogens with zero attached hydrogens (tertiary/aromatic N) is 1. The highest BCUT2D eigenvalue weighted by Crippen LogP contribution is 2.27. The maximum absolute atomic E-state index is 12.7. The van der Waals surface area contributed by atoms with Crippen LogP contribution in [0.25, 0.3) is 10.9 Å². The second-order valence-corrected chi connectivity index (χ2v) is 6.26. The molecule has 2 aromatic carbocycles. The number of amides is 1. The van der Waals surface area contributed by atoms with Gasteiger partial charge in [-0.1, -0.05) is 36.4 Å². The van der Waals surface area contributed by atoms with Crippen LogP contribution in [-0.4, -0.2) is 49.9 Å². The summed E-state index contributed by atoms with van der Waals surface area (Å²) in [6, 6.07) is 17.5. The first-order valence-electron chi connectivity index (χ1n) is 8.72. The molecular weight excluding hydrogens is 344 g/mol. The van der Waals surface area contributed by atoms with Crippen molar-refractivity contribution in [3.05, 3.63) is 65.9 Å². The third-order valence-electron chi connectivity index (χ3n) is 4.39. The maximum Gasteiger partial charge on any atom is 0.270 e. The van der Waals surface area contributed by atoms with Crippen LogP contribution in [0.1, 0.15) is 16.1 Å². The smallest absolute Gasteiger partial charge is 0.270 e. The van der Waals surface area contributed by atoms with E-state index in [-0.39, 0.29) is 5.91 Å². The number of rotatable bonds is 8. The van der Waals surface area contributed by atoms with Crippen LogP contribution in [0, 0.1) is 0 Å². The van der Waals surface area contributed by atoms with Gasteiger partial charge in [-0.05, 0) is 23.8 Å². The van der Waals surface area contributed by atoms with Crippen LogP contribution in [0.4, 0.5) is 0 Å². The molecule has 3 aromatic rings. The van der Waals surface area contributed by atoms with Crippen LogP contribution in [0.15, 0.2) is 54.6 Å². The number of H-pyrrole nitrogens is 1. The van der Waals surface area contributed by atoms with Crippen molar-refractivity contribution in [1.82, 2.24) is 9.88 Å². The van der Waals surface area contributed by atoms with Crippen molar-refractivity contribution < 1.29 is 19.0 Å². The topological polar surface area (TPSA) is 63.8 Å². The molecule has 0 saturated carbocycles. The molecule has 0 radical (unpaired) electrons. The molecule has 0 spiro atoms. The van der Waals surface area contributed by atoms with Crippen LogP contribution in [0.3, 0.4) is 0 Å². The van der Waals surface area contributed by atoms with Crippen molar-refractivity contribution >= 4 is 16.8 Å². The first-order valence-corrected chi connectivity index (χ1v) is 8.72. The van der Waals surface area contributed by atoms with Crippen LogP contribution in [0.5, 0.6) is 5.75 Å². The highest BCUT2D eigenvalue weighted by atomic mass is 16.7. The lowest BCUT2D eigenvalue weighted by atomic mass is 10.2. The Labute approximate surface area is 158 Å². The molecule has 0 atom stereocenters. The van der Waals surface area contributed by atoms with Crippen molar-refractivity contribution in [2.75, 3.05) is 27.8 Å². The number of carbonyl (C=O) groups is 1. The molecule has 27 heavy (non-hydrogen) atoms. The second-order valence-electron chi connectivity index (χ2n) is 6.26. The van der Waals surface area contributed by atoms with Crippen molar-refractivity contribution in [2.24, 2.45) is 0 Å². The zero-order valence-electron chi connectivity index (χ0n) is 15.8.